The summed E-state index contributed by atoms with van der Waals surface area (Å²) in [6.45, 7) is 8.27. The highest BCUT2D eigenvalue weighted by Gasteiger charge is 2.35. The van der Waals surface area contributed by atoms with Crippen molar-refractivity contribution in [2.75, 3.05) is 39.8 Å². The van der Waals surface area contributed by atoms with E-state index in [9.17, 15) is 0 Å². The van der Waals surface area contributed by atoms with Gasteiger partial charge in [-0.25, -0.2) is 0 Å². The van der Waals surface area contributed by atoms with Crippen LogP contribution in [0.4, 0.5) is 0 Å². The second-order valence-corrected chi connectivity index (χ2v) is 6.31. The van der Waals surface area contributed by atoms with Crippen molar-refractivity contribution in [2.24, 2.45) is 11.1 Å². The number of rotatable bonds is 4. The summed E-state index contributed by atoms with van der Waals surface area (Å²) in [5.41, 5.74) is 6.46. The molecule has 2 aliphatic rings. The molecule has 0 aromatic carbocycles. The van der Waals surface area contributed by atoms with Gasteiger partial charge >= 0.3 is 0 Å². The van der Waals surface area contributed by atoms with Gasteiger partial charge in [-0.15, -0.1) is 0 Å². The summed E-state index contributed by atoms with van der Waals surface area (Å²) in [7, 11) is 2.24. The average molecular weight is 239 g/mol. The van der Waals surface area contributed by atoms with E-state index in [2.05, 4.69) is 23.8 Å². The molecule has 0 aromatic rings. The fourth-order valence-corrected chi connectivity index (χ4v) is 3.37. The van der Waals surface area contributed by atoms with Crippen LogP contribution in [0.25, 0.3) is 0 Å². The summed E-state index contributed by atoms with van der Waals surface area (Å²) in [6.07, 6.45) is 6.76. The molecule has 100 valence electrons. The largest absolute Gasteiger partial charge is 0.330 e. The maximum Gasteiger partial charge on any atom is 0.0194 e. The van der Waals surface area contributed by atoms with Crippen molar-refractivity contribution in [1.82, 2.24) is 9.80 Å². The number of nitrogens with two attached hydrogens (primary N) is 1. The average Bonchev–Trinajstić information content (AvgIpc) is 2.39. The minimum Gasteiger partial charge on any atom is -0.330 e. The van der Waals surface area contributed by atoms with E-state index >= 15 is 0 Å². The van der Waals surface area contributed by atoms with E-state index in [1.807, 2.05) is 0 Å². The van der Waals surface area contributed by atoms with E-state index < -0.39 is 0 Å². The minimum absolute atomic E-state index is 0.512. The molecule has 1 heterocycles. The van der Waals surface area contributed by atoms with Crippen LogP contribution in [0, 0.1) is 5.41 Å². The molecule has 1 saturated carbocycles. The van der Waals surface area contributed by atoms with Gasteiger partial charge in [-0.3, -0.25) is 4.90 Å². The first kappa shape index (κ1) is 13.3. The van der Waals surface area contributed by atoms with E-state index in [1.54, 1.807) is 0 Å². The number of hydrogen-bond donors (Lipinski definition) is 1. The Morgan fingerprint density at radius 3 is 2.59 bits per heavy atom. The van der Waals surface area contributed by atoms with Crippen LogP contribution in [0.5, 0.6) is 0 Å². The SMILES string of the molecule is CC1CN(C)CCCN1CCC1(CN)CCC1. The van der Waals surface area contributed by atoms with Gasteiger partial charge in [0, 0.05) is 12.6 Å². The Kier molecular flexibility index (Phi) is 4.45. The highest BCUT2D eigenvalue weighted by Crippen LogP contribution is 2.43. The lowest BCUT2D eigenvalue weighted by Crippen LogP contribution is -2.44. The third kappa shape index (κ3) is 3.21. The topological polar surface area (TPSA) is 32.5 Å². The number of hydrogen-bond acceptors (Lipinski definition) is 3. The van der Waals surface area contributed by atoms with Crippen LogP contribution < -0.4 is 5.73 Å². The lowest BCUT2D eigenvalue weighted by atomic mass is 9.66. The van der Waals surface area contributed by atoms with E-state index in [-0.39, 0.29) is 0 Å². The second-order valence-electron chi connectivity index (χ2n) is 6.31. The van der Waals surface area contributed by atoms with Crippen LogP contribution in [-0.2, 0) is 0 Å². The quantitative estimate of drug-likeness (QED) is 0.807. The molecule has 2 rings (SSSR count). The molecule has 1 aliphatic heterocycles. The van der Waals surface area contributed by atoms with Gasteiger partial charge in [-0.05, 0) is 71.2 Å². The predicted octanol–water partition coefficient (Wildman–Crippen LogP) is 1.53. The third-order valence-corrected chi connectivity index (χ3v) is 4.96. The molecular weight excluding hydrogens is 210 g/mol. The molecule has 2 N–H and O–H groups in total. The molecule has 0 amide bonds. The second kappa shape index (κ2) is 5.68. The lowest BCUT2D eigenvalue weighted by Gasteiger charge is -2.43. The Labute approximate surface area is 106 Å². The van der Waals surface area contributed by atoms with Gasteiger partial charge in [0.2, 0.25) is 0 Å². The van der Waals surface area contributed by atoms with Crippen LogP contribution in [0.2, 0.25) is 0 Å². The molecule has 0 spiro atoms. The van der Waals surface area contributed by atoms with Crippen molar-refractivity contribution >= 4 is 0 Å². The fraction of sp³-hybridized carbons (Fsp3) is 1.00. The Bertz CT molecular complexity index is 232. The van der Waals surface area contributed by atoms with E-state index in [0.717, 1.165) is 6.54 Å². The summed E-state index contributed by atoms with van der Waals surface area (Å²) in [4.78, 5) is 5.14. The van der Waals surface area contributed by atoms with Crippen molar-refractivity contribution in [3.63, 3.8) is 0 Å². The molecule has 0 radical (unpaired) electrons. The van der Waals surface area contributed by atoms with Crippen LogP contribution in [-0.4, -0.2) is 55.6 Å². The molecule has 17 heavy (non-hydrogen) atoms. The molecule has 0 aromatic heterocycles. The number of nitrogens with zero attached hydrogens (tertiary/aromatic N) is 2. The van der Waals surface area contributed by atoms with Gasteiger partial charge < -0.3 is 10.6 Å². The van der Waals surface area contributed by atoms with Gasteiger partial charge in [0.1, 0.15) is 0 Å². The van der Waals surface area contributed by atoms with Crippen molar-refractivity contribution in [1.29, 1.82) is 0 Å². The molecule has 1 atom stereocenters. The van der Waals surface area contributed by atoms with Crippen molar-refractivity contribution in [3.8, 4) is 0 Å². The van der Waals surface area contributed by atoms with Crippen LogP contribution in [0.1, 0.15) is 39.0 Å². The smallest absolute Gasteiger partial charge is 0.0194 e. The molecule has 3 nitrogen and oxygen atoms in total. The molecule has 2 fully saturated rings. The monoisotopic (exact) mass is 239 g/mol. The zero-order chi connectivity index (χ0) is 12.3. The first-order valence-corrected chi connectivity index (χ1v) is 7.28. The molecule has 1 saturated heterocycles. The minimum atomic E-state index is 0.512. The molecular formula is C14H29N3. The molecule has 1 aliphatic carbocycles. The Morgan fingerprint density at radius 2 is 2.00 bits per heavy atom. The first-order chi connectivity index (χ1) is 8.15. The molecule has 1 unspecified atom stereocenters. The van der Waals surface area contributed by atoms with Crippen molar-refractivity contribution in [3.05, 3.63) is 0 Å². The van der Waals surface area contributed by atoms with Crippen molar-refractivity contribution in [2.45, 2.75) is 45.1 Å². The van der Waals surface area contributed by atoms with Gasteiger partial charge in [-0.1, -0.05) is 6.42 Å². The van der Waals surface area contributed by atoms with Gasteiger partial charge in [-0.2, -0.15) is 0 Å². The van der Waals surface area contributed by atoms with Gasteiger partial charge in [0.05, 0.1) is 0 Å². The van der Waals surface area contributed by atoms with Crippen LogP contribution in [0.15, 0.2) is 0 Å². The van der Waals surface area contributed by atoms with E-state index in [4.69, 9.17) is 5.73 Å². The Balaban J connectivity index is 1.81. The maximum absolute atomic E-state index is 5.95. The summed E-state index contributed by atoms with van der Waals surface area (Å²) in [6, 6.07) is 0.706. The van der Waals surface area contributed by atoms with Gasteiger partial charge in [0.25, 0.3) is 0 Å². The highest BCUT2D eigenvalue weighted by atomic mass is 15.2. The van der Waals surface area contributed by atoms with E-state index in [1.165, 1.54) is 58.3 Å². The van der Waals surface area contributed by atoms with Crippen LogP contribution >= 0.6 is 0 Å². The number of likely N-dealkylation sites (N-methyl/N-ethyl adjacent to an activating group) is 1. The summed E-state index contributed by atoms with van der Waals surface area (Å²) in [5.74, 6) is 0. The maximum atomic E-state index is 5.95. The zero-order valence-electron chi connectivity index (χ0n) is 11.6. The lowest BCUT2D eigenvalue weighted by molar-refractivity contribution is 0.0944. The third-order valence-electron chi connectivity index (χ3n) is 4.96. The summed E-state index contributed by atoms with van der Waals surface area (Å²) >= 11 is 0. The zero-order valence-corrected chi connectivity index (χ0v) is 11.6. The predicted molar refractivity (Wildman–Crippen MR) is 73.1 cm³/mol. The fourth-order valence-electron chi connectivity index (χ4n) is 3.37. The summed E-state index contributed by atoms with van der Waals surface area (Å²) < 4.78 is 0. The van der Waals surface area contributed by atoms with Crippen molar-refractivity contribution < 1.29 is 0 Å². The normalized spacial score (nSPS) is 30.9. The Morgan fingerprint density at radius 1 is 1.24 bits per heavy atom. The Hall–Kier alpha value is -0.120. The standard InChI is InChI=1S/C14H29N3/c1-13-11-16(2)8-4-9-17(13)10-7-14(12-15)5-3-6-14/h13H,3-12,15H2,1-2H3. The molecule has 3 heteroatoms. The first-order valence-electron chi connectivity index (χ1n) is 7.28. The highest BCUT2D eigenvalue weighted by molar-refractivity contribution is 4.90. The van der Waals surface area contributed by atoms with E-state index in [0.29, 0.717) is 11.5 Å². The van der Waals surface area contributed by atoms with Gasteiger partial charge in [0.15, 0.2) is 0 Å². The molecule has 0 bridgehead atoms. The van der Waals surface area contributed by atoms with Crippen LogP contribution in [0.3, 0.4) is 0 Å². The summed E-state index contributed by atoms with van der Waals surface area (Å²) in [5, 5.41) is 0.